The first-order valence-corrected chi connectivity index (χ1v) is 11.9. The number of carbonyl (C=O) groups excluding carboxylic acids is 2. The summed E-state index contributed by atoms with van der Waals surface area (Å²) in [6.45, 7) is 0.382. The number of carbonyl (C=O) groups is 2. The van der Waals surface area contributed by atoms with Crippen molar-refractivity contribution in [2.75, 3.05) is 18.0 Å². The van der Waals surface area contributed by atoms with Crippen molar-refractivity contribution in [1.82, 2.24) is 9.62 Å². The summed E-state index contributed by atoms with van der Waals surface area (Å²) in [5.41, 5.74) is 2.48. The second-order valence-corrected chi connectivity index (χ2v) is 9.82. The number of nitrogens with one attached hydrogen (secondary N) is 1. The standard InChI is InChI=1S/C24H20FN3O4S/c25-19-8-6-17(7-9-19)23(29)27-13-12-18-14-20(10-11-22(18)27)33(31,32)28-15-21(26-24(28)30)16-4-2-1-3-5-16/h1-11,14,21H,12-13,15H2,(H,26,30). The van der Waals surface area contributed by atoms with Gasteiger partial charge in [-0.15, -0.1) is 0 Å². The Kier molecular flexibility index (Phi) is 5.13. The lowest BCUT2D eigenvalue weighted by Crippen LogP contribution is -2.34. The molecule has 0 spiro atoms. The normalized spacial score (nSPS) is 17.7. The van der Waals surface area contributed by atoms with Crippen LogP contribution in [0.25, 0.3) is 0 Å². The van der Waals surface area contributed by atoms with E-state index in [1.807, 2.05) is 30.3 Å². The van der Waals surface area contributed by atoms with Crippen molar-refractivity contribution in [1.29, 1.82) is 0 Å². The molecule has 0 aliphatic carbocycles. The highest BCUT2D eigenvalue weighted by Crippen LogP contribution is 2.33. The molecule has 2 heterocycles. The Labute approximate surface area is 190 Å². The molecule has 3 amide bonds. The summed E-state index contributed by atoms with van der Waals surface area (Å²) in [5, 5.41) is 2.72. The summed E-state index contributed by atoms with van der Waals surface area (Å²) in [4.78, 5) is 26.9. The minimum absolute atomic E-state index is 0.00110. The van der Waals surface area contributed by atoms with Gasteiger partial charge in [0, 0.05) is 17.8 Å². The van der Waals surface area contributed by atoms with Crippen molar-refractivity contribution in [3.8, 4) is 0 Å². The molecular formula is C24H20FN3O4S. The zero-order valence-electron chi connectivity index (χ0n) is 17.4. The van der Waals surface area contributed by atoms with E-state index in [4.69, 9.17) is 0 Å². The van der Waals surface area contributed by atoms with Crippen LogP contribution in [0.1, 0.15) is 27.5 Å². The lowest BCUT2D eigenvalue weighted by Gasteiger charge is -2.19. The monoisotopic (exact) mass is 465 g/mol. The van der Waals surface area contributed by atoms with Gasteiger partial charge >= 0.3 is 6.03 Å². The number of rotatable bonds is 4. The van der Waals surface area contributed by atoms with E-state index in [9.17, 15) is 22.4 Å². The summed E-state index contributed by atoms with van der Waals surface area (Å²) >= 11 is 0. The number of sulfonamides is 1. The summed E-state index contributed by atoms with van der Waals surface area (Å²) in [6, 6.07) is 17.9. The Morgan fingerprint density at radius 3 is 2.45 bits per heavy atom. The molecule has 5 rings (SSSR count). The maximum Gasteiger partial charge on any atom is 0.331 e. The van der Waals surface area contributed by atoms with E-state index in [2.05, 4.69) is 5.32 Å². The number of fused-ring (bicyclic) bond motifs is 1. The molecule has 1 unspecified atom stereocenters. The second-order valence-electron chi connectivity index (χ2n) is 7.95. The largest absolute Gasteiger partial charge is 0.331 e. The highest BCUT2D eigenvalue weighted by molar-refractivity contribution is 7.89. The molecule has 2 aliphatic heterocycles. The van der Waals surface area contributed by atoms with Crippen LogP contribution in [-0.2, 0) is 16.4 Å². The molecule has 0 radical (unpaired) electrons. The fourth-order valence-electron chi connectivity index (χ4n) is 4.22. The van der Waals surface area contributed by atoms with Gasteiger partial charge in [0.15, 0.2) is 0 Å². The van der Waals surface area contributed by atoms with Gasteiger partial charge in [-0.2, -0.15) is 0 Å². The number of urea groups is 1. The topological polar surface area (TPSA) is 86.8 Å². The average Bonchev–Trinajstić information content (AvgIpc) is 3.43. The zero-order valence-corrected chi connectivity index (χ0v) is 18.3. The molecule has 0 aromatic heterocycles. The Balaban J connectivity index is 1.39. The Morgan fingerprint density at radius 1 is 1.00 bits per heavy atom. The maximum absolute atomic E-state index is 13.2. The third-order valence-corrected chi connectivity index (χ3v) is 7.69. The van der Waals surface area contributed by atoms with Gasteiger partial charge in [-0.3, -0.25) is 4.79 Å². The molecule has 1 saturated heterocycles. The Hall–Kier alpha value is -3.72. The van der Waals surface area contributed by atoms with Crippen LogP contribution in [0.15, 0.2) is 77.7 Å². The van der Waals surface area contributed by atoms with Gasteiger partial charge in [-0.1, -0.05) is 30.3 Å². The number of nitrogens with zero attached hydrogens (tertiary/aromatic N) is 2. The molecular weight excluding hydrogens is 445 g/mol. The number of amides is 3. The molecule has 1 fully saturated rings. The smallest absolute Gasteiger partial charge is 0.328 e. The molecule has 0 saturated carbocycles. The highest BCUT2D eigenvalue weighted by Gasteiger charge is 2.39. The van der Waals surface area contributed by atoms with Crippen molar-refractivity contribution in [2.24, 2.45) is 0 Å². The summed E-state index contributed by atoms with van der Waals surface area (Å²) in [7, 11) is -4.07. The van der Waals surface area contributed by atoms with Crippen LogP contribution in [0.3, 0.4) is 0 Å². The molecule has 168 valence electrons. The van der Waals surface area contributed by atoms with Crippen LogP contribution >= 0.6 is 0 Å². The molecule has 33 heavy (non-hydrogen) atoms. The highest BCUT2D eigenvalue weighted by atomic mass is 32.2. The minimum Gasteiger partial charge on any atom is -0.328 e. The fraction of sp³-hybridized carbons (Fsp3) is 0.167. The van der Waals surface area contributed by atoms with Crippen molar-refractivity contribution >= 4 is 27.6 Å². The summed E-state index contributed by atoms with van der Waals surface area (Å²) in [6.07, 6.45) is 0.477. The van der Waals surface area contributed by atoms with Gasteiger partial charge in [0.2, 0.25) is 0 Å². The third-order valence-electron chi connectivity index (χ3n) is 5.95. The average molecular weight is 466 g/mol. The van der Waals surface area contributed by atoms with E-state index >= 15 is 0 Å². The first-order valence-electron chi connectivity index (χ1n) is 10.4. The quantitative estimate of drug-likeness (QED) is 0.639. The van der Waals surface area contributed by atoms with Gasteiger partial charge in [-0.25, -0.2) is 21.9 Å². The zero-order chi connectivity index (χ0) is 23.2. The van der Waals surface area contributed by atoms with Crippen molar-refractivity contribution in [3.05, 3.63) is 95.3 Å². The number of benzene rings is 3. The van der Waals surface area contributed by atoms with Crippen LogP contribution in [0, 0.1) is 5.82 Å². The molecule has 7 nitrogen and oxygen atoms in total. The number of anilines is 1. The van der Waals surface area contributed by atoms with E-state index in [1.54, 1.807) is 11.0 Å². The Morgan fingerprint density at radius 2 is 1.73 bits per heavy atom. The van der Waals surface area contributed by atoms with Gasteiger partial charge in [0.25, 0.3) is 15.9 Å². The molecule has 0 bridgehead atoms. The van der Waals surface area contributed by atoms with Gasteiger partial charge in [-0.05, 0) is 60.0 Å². The van der Waals surface area contributed by atoms with Crippen LogP contribution in [-0.4, -0.2) is 37.8 Å². The Bertz CT molecular complexity index is 1340. The van der Waals surface area contributed by atoms with E-state index in [0.717, 1.165) is 9.87 Å². The SMILES string of the molecule is O=C(c1ccc(F)cc1)N1CCc2cc(S(=O)(=O)N3CC(c4ccccc4)NC3=O)ccc21. The predicted molar refractivity (Wildman–Crippen MR) is 120 cm³/mol. The second kappa shape index (κ2) is 8.00. The van der Waals surface area contributed by atoms with Gasteiger partial charge in [0.05, 0.1) is 17.5 Å². The maximum atomic E-state index is 13.2. The molecule has 1 atom stereocenters. The van der Waals surface area contributed by atoms with E-state index < -0.39 is 27.9 Å². The van der Waals surface area contributed by atoms with E-state index in [-0.39, 0.29) is 17.3 Å². The number of hydrogen-bond donors (Lipinski definition) is 1. The molecule has 9 heteroatoms. The number of hydrogen-bond acceptors (Lipinski definition) is 4. The molecule has 3 aromatic rings. The molecule has 2 aliphatic rings. The van der Waals surface area contributed by atoms with Crippen molar-refractivity contribution < 1.29 is 22.4 Å². The fourth-order valence-corrected chi connectivity index (χ4v) is 5.62. The third kappa shape index (κ3) is 3.74. The van der Waals surface area contributed by atoms with Gasteiger partial charge < -0.3 is 10.2 Å². The van der Waals surface area contributed by atoms with E-state index in [1.165, 1.54) is 36.4 Å². The van der Waals surface area contributed by atoms with Crippen molar-refractivity contribution in [2.45, 2.75) is 17.4 Å². The minimum atomic E-state index is -4.07. The van der Waals surface area contributed by atoms with Crippen LogP contribution in [0.2, 0.25) is 0 Å². The molecule has 1 N–H and O–H groups in total. The first kappa shape index (κ1) is 21.1. The molecule has 3 aromatic carbocycles. The summed E-state index contributed by atoms with van der Waals surface area (Å²) in [5.74, 6) is -0.711. The van der Waals surface area contributed by atoms with Gasteiger partial charge in [0.1, 0.15) is 5.82 Å². The summed E-state index contributed by atoms with van der Waals surface area (Å²) < 4.78 is 40.5. The van der Waals surface area contributed by atoms with Crippen LogP contribution in [0.4, 0.5) is 14.9 Å². The lowest BCUT2D eigenvalue weighted by molar-refractivity contribution is 0.0989. The van der Waals surface area contributed by atoms with E-state index in [0.29, 0.717) is 29.8 Å². The predicted octanol–water partition coefficient (Wildman–Crippen LogP) is 3.48. The lowest BCUT2D eigenvalue weighted by atomic mass is 10.1. The number of halogens is 1. The van der Waals surface area contributed by atoms with Crippen molar-refractivity contribution in [3.63, 3.8) is 0 Å². The van der Waals surface area contributed by atoms with Crippen LogP contribution < -0.4 is 10.2 Å². The first-order chi connectivity index (χ1) is 15.8. The van der Waals surface area contributed by atoms with Crippen LogP contribution in [0.5, 0.6) is 0 Å².